The summed E-state index contributed by atoms with van der Waals surface area (Å²) in [6.07, 6.45) is 0.640. The van der Waals surface area contributed by atoms with E-state index in [1.807, 2.05) is 43.3 Å². The van der Waals surface area contributed by atoms with Crippen molar-refractivity contribution in [3.05, 3.63) is 66.2 Å². The van der Waals surface area contributed by atoms with Crippen LogP contribution in [0, 0.1) is 0 Å². The van der Waals surface area contributed by atoms with E-state index in [0.29, 0.717) is 17.7 Å². The molecule has 0 aliphatic heterocycles. The molecule has 0 bridgehead atoms. The molecular formula is C21H23NO4. The number of carbonyl (C=O) groups excluding carboxylic acids is 2. The van der Waals surface area contributed by atoms with Gasteiger partial charge in [-0.1, -0.05) is 55.5 Å². The molecule has 2 atom stereocenters. The minimum atomic E-state index is -0.974. The third-order valence-electron chi connectivity index (χ3n) is 4.15. The first kappa shape index (κ1) is 18.0. The summed E-state index contributed by atoms with van der Waals surface area (Å²) in [5, 5.41) is 2.91. The Hall–Kier alpha value is -2.82. The first-order valence-corrected chi connectivity index (χ1v) is 8.95. The minimum absolute atomic E-state index is 0.190. The summed E-state index contributed by atoms with van der Waals surface area (Å²) in [4.78, 5) is 25.2. The Bertz CT molecular complexity index is 728. The van der Waals surface area contributed by atoms with Gasteiger partial charge in [0.1, 0.15) is 5.75 Å². The maximum Gasteiger partial charge on any atom is 0.348 e. The highest BCUT2D eigenvalue weighted by Gasteiger charge is 2.32. The van der Waals surface area contributed by atoms with Crippen molar-refractivity contribution in [1.82, 2.24) is 5.32 Å². The first-order valence-electron chi connectivity index (χ1n) is 8.95. The van der Waals surface area contributed by atoms with Gasteiger partial charge < -0.3 is 14.8 Å². The highest BCUT2D eigenvalue weighted by Crippen LogP contribution is 2.24. The lowest BCUT2D eigenvalue weighted by Crippen LogP contribution is -2.37. The molecule has 0 aromatic heterocycles. The van der Waals surface area contributed by atoms with E-state index in [0.717, 1.165) is 12.8 Å². The molecule has 1 aliphatic rings. The quantitative estimate of drug-likeness (QED) is 0.739. The van der Waals surface area contributed by atoms with Gasteiger partial charge in [0.05, 0.1) is 0 Å². The summed E-state index contributed by atoms with van der Waals surface area (Å²) in [6.45, 7) is 1.84. The Morgan fingerprint density at radius 1 is 1.04 bits per heavy atom. The van der Waals surface area contributed by atoms with Crippen LogP contribution >= 0.6 is 0 Å². The standard InChI is InChI=1S/C21H23NO4/c1-2-18(25-17-11-7-4-8-12-17)21(24)26-19(15-9-5-3-6-10-15)20(23)22-16-13-14-16/h3-12,16,18-19H,2,13-14H2,1H3,(H,22,23)/t18-,19+/m0/s1. The minimum Gasteiger partial charge on any atom is -0.479 e. The molecule has 5 heteroatoms. The Labute approximate surface area is 153 Å². The molecule has 26 heavy (non-hydrogen) atoms. The van der Waals surface area contributed by atoms with E-state index in [1.54, 1.807) is 24.3 Å². The van der Waals surface area contributed by atoms with E-state index in [-0.39, 0.29) is 11.9 Å². The third-order valence-corrected chi connectivity index (χ3v) is 4.15. The number of para-hydroxylation sites is 1. The molecule has 0 saturated heterocycles. The lowest BCUT2D eigenvalue weighted by Gasteiger charge is -2.22. The number of benzene rings is 2. The smallest absolute Gasteiger partial charge is 0.348 e. The number of hydrogen-bond donors (Lipinski definition) is 1. The fraction of sp³-hybridized carbons (Fsp3) is 0.333. The molecular weight excluding hydrogens is 330 g/mol. The van der Waals surface area contributed by atoms with Crippen LogP contribution in [-0.4, -0.2) is 24.0 Å². The molecule has 1 aliphatic carbocycles. The zero-order valence-electron chi connectivity index (χ0n) is 14.8. The van der Waals surface area contributed by atoms with Gasteiger partial charge in [-0.3, -0.25) is 4.79 Å². The monoisotopic (exact) mass is 353 g/mol. The van der Waals surface area contributed by atoms with E-state index in [2.05, 4.69) is 5.32 Å². The van der Waals surface area contributed by atoms with Gasteiger partial charge >= 0.3 is 5.97 Å². The summed E-state index contributed by atoms with van der Waals surface area (Å²) < 4.78 is 11.3. The van der Waals surface area contributed by atoms with Crippen LogP contribution in [0.1, 0.15) is 37.9 Å². The highest BCUT2D eigenvalue weighted by atomic mass is 16.6. The molecule has 0 unspecified atom stereocenters. The molecule has 2 aromatic carbocycles. The summed E-state index contributed by atoms with van der Waals surface area (Å²) >= 11 is 0. The number of carbonyl (C=O) groups is 2. The Morgan fingerprint density at radius 2 is 1.65 bits per heavy atom. The third kappa shape index (κ3) is 4.85. The molecule has 3 rings (SSSR count). The Morgan fingerprint density at radius 3 is 2.23 bits per heavy atom. The van der Waals surface area contributed by atoms with Crippen molar-refractivity contribution in [1.29, 1.82) is 0 Å². The largest absolute Gasteiger partial charge is 0.479 e. The number of rotatable bonds is 8. The summed E-state index contributed by atoms with van der Waals surface area (Å²) in [5.74, 6) is -0.243. The molecule has 1 amide bonds. The van der Waals surface area contributed by atoms with Crippen molar-refractivity contribution in [2.75, 3.05) is 0 Å². The van der Waals surface area contributed by atoms with Crippen molar-refractivity contribution < 1.29 is 19.1 Å². The summed E-state index contributed by atoms with van der Waals surface area (Å²) in [7, 11) is 0. The number of amides is 1. The SMILES string of the molecule is CC[C@H](Oc1ccccc1)C(=O)O[C@@H](C(=O)NC1CC1)c1ccccc1. The summed E-state index contributed by atoms with van der Waals surface area (Å²) in [6, 6.07) is 18.4. The van der Waals surface area contributed by atoms with Gasteiger partial charge in [0.25, 0.3) is 5.91 Å². The molecule has 2 aromatic rings. The Kier molecular flexibility index (Phi) is 5.89. The van der Waals surface area contributed by atoms with E-state index in [9.17, 15) is 9.59 Å². The molecule has 136 valence electrons. The van der Waals surface area contributed by atoms with Crippen molar-refractivity contribution in [2.45, 2.75) is 44.4 Å². The van der Waals surface area contributed by atoms with Crippen LogP contribution in [0.2, 0.25) is 0 Å². The van der Waals surface area contributed by atoms with E-state index < -0.39 is 18.2 Å². The van der Waals surface area contributed by atoms with Crippen LogP contribution in [0.25, 0.3) is 0 Å². The van der Waals surface area contributed by atoms with Crippen LogP contribution in [-0.2, 0) is 14.3 Å². The molecule has 1 fully saturated rings. The first-order chi connectivity index (χ1) is 12.7. The van der Waals surface area contributed by atoms with Crippen molar-refractivity contribution in [3.8, 4) is 5.75 Å². The highest BCUT2D eigenvalue weighted by molar-refractivity contribution is 5.86. The van der Waals surface area contributed by atoms with Crippen LogP contribution in [0.15, 0.2) is 60.7 Å². The predicted molar refractivity (Wildman–Crippen MR) is 97.6 cm³/mol. The molecule has 1 saturated carbocycles. The zero-order chi connectivity index (χ0) is 18.4. The van der Waals surface area contributed by atoms with Gasteiger partial charge in [-0.2, -0.15) is 0 Å². The topological polar surface area (TPSA) is 64.6 Å². The lowest BCUT2D eigenvalue weighted by molar-refractivity contribution is -0.163. The second kappa shape index (κ2) is 8.52. The normalized spacial score (nSPS) is 15.6. The van der Waals surface area contributed by atoms with Crippen LogP contribution in [0.5, 0.6) is 5.75 Å². The van der Waals surface area contributed by atoms with Gasteiger partial charge in [0, 0.05) is 11.6 Å². The number of ether oxygens (including phenoxy) is 2. The average molecular weight is 353 g/mol. The number of nitrogens with one attached hydrogen (secondary N) is 1. The Balaban J connectivity index is 1.71. The molecule has 0 radical (unpaired) electrons. The molecule has 1 N–H and O–H groups in total. The second-order valence-electron chi connectivity index (χ2n) is 6.34. The fourth-order valence-electron chi connectivity index (χ4n) is 2.56. The lowest BCUT2D eigenvalue weighted by atomic mass is 10.1. The van der Waals surface area contributed by atoms with Gasteiger partial charge in [0.15, 0.2) is 6.10 Å². The van der Waals surface area contributed by atoms with Crippen molar-refractivity contribution >= 4 is 11.9 Å². The van der Waals surface area contributed by atoms with Gasteiger partial charge in [0.2, 0.25) is 6.10 Å². The zero-order valence-corrected chi connectivity index (χ0v) is 14.8. The maximum atomic E-state index is 12.6. The van der Waals surface area contributed by atoms with E-state index in [1.165, 1.54) is 0 Å². The van der Waals surface area contributed by atoms with E-state index >= 15 is 0 Å². The van der Waals surface area contributed by atoms with Crippen LogP contribution in [0.3, 0.4) is 0 Å². The van der Waals surface area contributed by atoms with Gasteiger partial charge in [-0.05, 0) is 31.4 Å². The van der Waals surface area contributed by atoms with Gasteiger partial charge in [-0.25, -0.2) is 4.79 Å². The van der Waals surface area contributed by atoms with Crippen LogP contribution < -0.4 is 10.1 Å². The van der Waals surface area contributed by atoms with Crippen molar-refractivity contribution in [2.24, 2.45) is 0 Å². The number of hydrogen-bond acceptors (Lipinski definition) is 4. The second-order valence-corrected chi connectivity index (χ2v) is 6.34. The fourth-order valence-corrected chi connectivity index (χ4v) is 2.56. The molecule has 0 heterocycles. The average Bonchev–Trinajstić information content (AvgIpc) is 3.49. The predicted octanol–water partition coefficient (Wildman–Crippen LogP) is 3.41. The summed E-state index contributed by atoms with van der Waals surface area (Å²) in [5.41, 5.74) is 0.647. The number of esters is 1. The molecule has 5 nitrogen and oxygen atoms in total. The van der Waals surface area contributed by atoms with Gasteiger partial charge in [-0.15, -0.1) is 0 Å². The van der Waals surface area contributed by atoms with E-state index in [4.69, 9.17) is 9.47 Å². The molecule has 0 spiro atoms. The maximum absolute atomic E-state index is 12.6. The van der Waals surface area contributed by atoms with Crippen molar-refractivity contribution in [3.63, 3.8) is 0 Å². The van der Waals surface area contributed by atoms with Crippen LogP contribution in [0.4, 0.5) is 0 Å².